The predicted molar refractivity (Wildman–Crippen MR) is 127 cm³/mol. The highest BCUT2D eigenvalue weighted by atomic mass is 19.1. The minimum Gasteiger partial charge on any atom is -0.454 e. The fourth-order valence-electron chi connectivity index (χ4n) is 4.34. The van der Waals surface area contributed by atoms with Crippen molar-refractivity contribution in [1.82, 2.24) is 4.48 Å². The van der Waals surface area contributed by atoms with Gasteiger partial charge >= 0.3 is 0 Å². The van der Waals surface area contributed by atoms with Crippen LogP contribution < -0.4 is 15.0 Å². The molecule has 0 radical (unpaired) electrons. The summed E-state index contributed by atoms with van der Waals surface area (Å²) in [5, 5.41) is 0. The predicted octanol–water partition coefficient (Wildman–Crippen LogP) is 6.23. The van der Waals surface area contributed by atoms with Gasteiger partial charge in [-0.15, -0.1) is 0 Å². The van der Waals surface area contributed by atoms with E-state index in [1.54, 1.807) is 0 Å². The lowest BCUT2D eigenvalue weighted by molar-refractivity contribution is 0.1000. The van der Waals surface area contributed by atoms with E-state index in [1.165, 1.54) is 29.8 Å². The van der Waals surface area contributed by atoms with Crippen molar-refractivity contribution in [2.75, 3.05) is 19.6 Å². The summed E-state index contributed by atoms with van der Waals surface area (Å²) in [5.41, 5.74) is 9.14. The van der Waals surface area contributed by atoms with Crippen molar-refractivity contribution in [3.63, 3.8) is 0 Å². The van der Waals surface area contributed by atoms with Crippen LogP contribution in [0.5, 0.6) is 11.5 Å². The van der Waals surface area contributed by atoms with E-state index in [-0.39, 0.29) is 11.3 Å². The molecule has 0 aliphatic carbocycles. The number of rotatable bonds is 11. The number of primary amides is 1. The van der Waals surface area contributed by atoms with Crippen LogP contribution in [0.3, 0.4) is 0 Å². The van der Waals surface area contributed by atoms with Crippen LogP contribution in [0.25, 0.3) is 0 Å². The Bertz CT molecular complexity index is 905. The minimum absolute atomic E-state index is 0.0982. The maximum absolute atomic E-state index is 14.5. The van der Waals surface area contributed by atoms with E-state index in [9.17, 15) is 9.18 Å². The SMILES string of the molecule is CCc1c(Oc2ccc(C(N)=O)cc2F)ccc([N+](CC)(CC)CCC(C)C)c1CC. The lowest BCUT2D eigenvalue weighted by Crippen LogP contribution is -2.50. The van der Waals surface area contributed by atoms with Gasteiger partial charge in [-0.05, 0) is 63.3 Å². The third kappa shape index (κ3) is 5.45. The second-order valence-electron chi connectivity index (χ2n) is 8.54. The zero-order chi connectivity index (χ0) is 23.2. The number of amides is 1. The van der Waals surface area contributed by atoms with Crippen molar-refractivity contribution in [3.05, 3.63) is 52.8 Å². The number of quaternary nitrogens is 1. The molecule has 1 amide bonds. The number of nitrogens with two attached hydrogens (primary N) is 1. The standard InChI is InChI=1S/C26H37FN2O2/c1-7-20-21(8-2)24(31-25-13-11-19(26(28)30)17-22(25)27)14-12-23(20)29(9-3,10-4)16-15-18(5)6/h11-14,17-18H,7-10,15-16H2,1-6H3,(H-,28,30)/p+1. The van der Waals surface area contributed by atoms with Gasteiger partial charge in [0, 0.05) is 22.8 Å². The first-order valence-corrected chi connectivity index (χ1v) is 11.5. The molecule has 0 saturated heterocycles. The molecule has 2 N–H and O–H groups in total. The van der Waals surface area contributed by atoms with Crippen LogP contribution in [0.1, 0.15) is 69.4 Å². The molecule has 31 heavy (non-hydrogen) atoms. The van der Waals surface area contributed by atoms with Crippen LogP contribution in [0.2, 0.25) is 0 Å². The molecule has 0 aliphatic heterocycles. The molecule has 2 rings (SSSR count). The molecule has 0 bridgehead atoms. The van der Waals surface area contributed by atoms with E-state index in [2.05, 4.69) is 47.6 Å². The third-order valence-corrected chi connectivity index (χ3v) is 6.36. The van der Waals surface area contributed by atoms with E-state index in [1.807, 2.05) is 6.07 Å². The Labute approximate surface area is 186 Å². The fourth-order valence-corrected chi connectivity index (χ4v) is 4.34. The quantitative estimate of drug-likeness (QED) is 0.430. The zero-order valence-electron chi connectivity index (χ0n) is 19.9. The van der Waals surface area contributed by atoms with Crippen molar-refractivity contribution in [1.29, 1.82) is 0 Å². The molecular formula is C26H38FN2O2+. The molecule has 0 fully saturated rings. The third-order valence-electron chi connectivity index (χ3n) is 6.36. The van der Waals surface area contributed by atoms with Gasteiger partial charge in [0.15, 0.2) is 11.6 Å². The largest absolute Gasteiger partial charge is 0.454 e. The Morgan fingerprint density at radius 1 is 1.00 bits per heavy atom. The summed E-state index contributed by atoms with van der Waals surface area (Å²) in [6, 6.07) is 8.22. The number of benzene rings is 2. The van der Waals surface area contributed by atoms with Gasteiger partial charge in [-0.25, -0.2) is 4.39 Å². The summed E-state index contributed by atoms with van der Waals surface area (Å²) in [4.78, 5) is 11.3. The van der Waals surface area contributed by atoms with Crippen LogP contribution in [0, 0.1) is 11.7 Å². The molecule has 0 unspecified atom stereocenters. The molecule has 0 spiro atoms. The van der Waals surface area contributed by atoms with Crippen molar-refractivity contribution < 1.29 is 13.9 Å². The van der Waals surface area contributed by atoms with Crippen LogP contribution >= 0.6 is 0 Å². The fraction of sp³-hybridized carbons (Fsp3) is 0.500. The van der Waals surface area contributed by atoms with Gasteiger partial charge < -0.3 is 10.5 Å². The minimum atomic E-state index is -0.660. The molecule has 4 nitrogen and oxygen atoms in total. The van der Waals surface area contributed by atoms with Gasteiger partial charge in [0.2, 0.25) is 5.91 Å². The summed E-state index contributed by atoms with van der Waals surface area (Å²) in [6.45, 7) is 16.5. The number of carbonyl (C=O) groups is 1. The molecule has 2 aromatic rings. The topological polar surface area (TPSA) is 52.3 Å². The molecular weight excluding hydrogens is 391 g/mol. The first-order valence-electron chi connectivity index (χ1n) is 11.5. The first kappa shape index (κ1) is 24.9. The number of halogens is 1. The summed E-state index contributed by atoms with van der Waals surface area (Å²) in [5.74, 6) is 0.168. The monoisotopic (exact) mass is 429 g/mol. The maximum atomic E-state index is 14.5. The van der Waals surface area contributed by atoms with Gasteiger partial charge in [-0.2, -0.15) is 0 Å². The van der Waals surface area contributed by atoms with E-state index in [0.717, 1.165) is 48.6 Å². The summed E-state index contributed by atoms with van der Waals surface area (Å²) >= 11 is 0. The summed E-state index contributed by atoms with van der Waals surface area (Å²) in [7, 11) is 0. The van der Waals surface area contributed by atoms with Crippen molar-refractivity contribution in [2.45, 2.75) is 60.8 Å². The first-order chi connectivity index (χ1) is 14.7. The van der Waals surface area contributed by atoms with Gasteiger partial charge in [0.25, 0.3) is 0 Å². The number of hydrogen-bond donors (Lipinski definition) is 1. The van der Waals surface area contributed by atoms with Crippen molar-refractivity contribution in [3.8, 4) is 11.5 Å². The van der Waals surface area contributed by atoms with Gasteiger partial charge in [0.05, 0.1) is 19.6 Å². The molecule has 2 aromatic carbocycles. The summed E-state index contributed by atoms with van der Waals surface area (Å²) < 4.78 is 21.5. The van der Waals surface area contributed by atoms with E-state index < -0.39 is 11.7 Å². The van der Waals surface area contributed by atoms with E-state index >= 15 is 0 Å². The number of nitrogens with zero attached hydrogens (tertiary/aromatic N) is 1. The molecule has 0 heterocycles. The highest BCUT2D eigenvalue weighted by Crippen LogP contribution is 2.38. The maximum Gasteiger partial charge on any atom is 0.248 e. The van der Waals surface area contributed by atoms with Crippen LogP contribution in [0.4, 0.5) is 10.1 Å². The highest BCUT2D eigenvalue weighted by molar-refractivity contribution is 5.92. The van der Waals surface area contributed by atoms with Gasteiger partial charge in [0.1, 0.15) is 11.4 Å². The second-order valence-corrected chi connectivity index (χ2v) is 8.54. The average Bonchev–Trinajstić information content (AvgIpc) is 2.75. The Morgan fingerprint density at radius 2 is 1.61 bits per heavy atom. The number of hydrogen-bond acceptors (Lipinski definition) is 2. The smallest absolute Gasteiger partial charge is 0.248 e. The second kappa shape index (κ2) is 10.8. The highest BCUT2D eigenvalue weighted by Gasteiger charge is 2.31. The Morgan fingerprint density at radius 3 is 2.10 bits per heavy atom. The summed E-state index contributed by atoms with van der Waals surface area (Å²) in [6.07, 6.45) is 2.85. The van der Waals surface area contributed by atoms with Crippen molar-refractivity contribution in [2.24, 2.45) is 11.7 Å². The van der Waals surface area contributed by atoms with Crippen LogP contribution in [0.15, 0.2) is 30.3 Å². The lowest BCUT2D eigenvalue weighted by atomic mass is 9.96. The number of carbonyl (C=O) groups excluding carboxylic acids is 1. The van der Waals surface area contributed by atoms with Crippen LogP contribution in [-0.2, 0) is 12.8 Å². The molecule has 0 saturated carbocycles. The Kier molecular flexibility index (Phi) is 8.63. The normalized spacial score (nSPS) is 11.7. The Hall–Kier alpha value is -2.40. The molecule has 5 heteroatoms. The Balaban J connectivity index is 2.52. The molecule has 0 aliphatic rings. The number of ether oxygens (including phenoxy) is 1. The van der Waals surface area contributed by atoms with Crippen molar-refractivity contribution >= 4 is 11.6 Å². The lowest BCUT2D eigenvalue weighted by Gasteiger charge is -2.39. The van der Waals surface area contributed by atoms with E-state index in [4.69, 9.17) is 10.5 Å². The average molecular weight is 430 g/mol. The van der Waals surface area contributed by atoms with Gasteiger partial charge in [-0.3, -0.25) is 9.28 Å². The molecule has 170 valence electrons. The molecule has 0 atom stereocenters. The van der Waals surface area contributed by atoms with Gasteiger partial charge in [-0.1, -0.05) is 27.7 Å². The molecule has 0 aromatic heterocycles. The van der Waals surface area contributed by atoms with E-state index in [0.29, 0.717) is 11.7 Å². The van der Waals surface area contributed by atoms with Crippen LogP contribution in [-0.4, -0.2) is 25.5 Å². The zero-order valence-corrected chi connectivity index (χ0v) is 19.9.